The number of benzene rings is 2. The van der Waals surface area contributed by atoms with Crippen molar-refractivity contribution in [2.45, 2.75) is 52.1 Å². The maximum absolute atomic E-state index is 13.1. The number of amides is 1. The van der Waals surface area contributed by atoms with Gasteiger partial charge >= 0.3 is 6.18 Å². The van der Waals surface area contributed by atoms with Crippen molar-refractivity contribution in [2.75, 3.05) is 0 Å². The van der Waals surface area contributed by atoms with Crippen LogP contribution in [0.3, 0.4) is 0 Å². The number of aliphatic carboxylic acids is 1. The lowest BCUT2D eigenvalue weighted by molar-refractivity contribution is -0.137. The largest absolute Gasteiger partial charge is 0.481 e. The van der Waals surface area contributed by atoms with Crippen LogP contribution >= 0.6 is 0 Å². The Balaban J connectivity index is 0.000000886. The van der Waals surface area contributed by atoms with E-state index in [1.165, 1.54) is 12.1 Å². The van der Waals surface area contributed by atoms with E-state index in [4.69, 9.17) is 20.5 Å². The number of carbonyl (C=O) groups excluding carboxylic acids is 1. The minimum atomic E-state index is -4.44. The SMILES string of the molecule is C/C=C1/NC(c2ccc(Oc3cccc(C(F)(F)F)c3)cc2)=C(C2CCCCC2)C(=O)N1N.CC(=O)O. The standard InChI is InChI=1S/C25H26F3N3O2.C2H4O2/c1-2-21-30-23(22(24(32)31(21)29)16-7-4-3-5-8-16)17-11-13-19(14-12-17)33-20-10-6-9-18(15-20)25(26,27)28;1-2(3)4/h2,6,9-16,30H,3-5,7-8,29H2,1H3;1H3,(H,3,4)/b21-2-;. The summed E-state index contributed by atoms with van der Waals surface area (Å²) in [4.78, 5) is 22.1. The summed E-state index contributed by atoms with van der Waals surface area (Å²) >= 11 is 0. The number of halogens is 3. The number of hydrogen-bond donors (Lipinski definition) is 3. The zero-order valence-corrected chi connectivity index (χ0v) is 20.6. The third kappa shape index (κ3) is 7.13. The Bertz CT molecular complexity index is 1180. The van der Waals surface area contributed by atoms with Crippen molar-refractivity contribution in [3.63, 3.8) is 0 Å². The molecule has 2 aromatic rings. The molecule has 0 unspecified atom stereocenters. The van der Waals surface area contributed by atoms with Crippen LogP contribution in [0.1, 0.15) is 57.1 Å². The smallest absolute Gasteiger partial charge is 0.416 e. The van der Waals surface area contributed by atoms with Gasteiger partial charge in [-0.15, -0.1) is 0 Å². The highest BCUT2D eigenvalue weighted by Gasteiger charge is 2.34. The molecule has 2 aromatic carbocycles. The van der Waals surface area contributed by atoms with Gasteiger partial charge in [0.05, 0.1) is 11.3 Å². The first-order valence-corrected chi connectivity index (χ1v) is 11.9. The molecular weight excluding hydrogens is 487 g/mol. The highest BCUT2D eigenvalue weighted by Crippen LogP contribution is 2.38. The van der Waals surface area contributed by atoms with E-state index in [9.17, 15) is 18.0 Å². The Labute approximate surface area is 213 Å². The number of rotatable bonds is 4. The van der Waals surface area contributed by atoms with E-state index in [1.54, 1.807) is 37.3 Å². The highest BCUT2D eigenvalue weighted by atomic mass is 19.4. The third-order valence-electron chi connectivity index (χ3n) is 6.06. The van der Waals surface area contributed by atoms with Gasteiger partial charge in [-0.25, -0.2) is 10.9 Å². The number of hydrogen-bond acceptors (Lipinski definition) is 5. The van der Waals surface area contributed by atoms with Gasteiger partial charge in [0.1, 0.15) is 17.3 Å². The van der Waals surface area contributed by atoms with Crippen LogP contribution in [0.5, 0.6) is 11.5 Å². The minimum absolute atomic E-state index is 0.0978. The molecule has 1 amide bonds. The summed E-state index contributed by atoms with van der Waals surface area (Å²) in [5.41, 5.74) is 1.41. The number of ether oxygens (including phenoxy) is 1. The monoisotopic (exact) mass is 517 g/mol. The zero-order chi connectivity index (χ0) is 27.2. The van der Waals surface area contributed by atoms with Crippen molar-refractivity contribution in [3.05, 3.63) is 77.1 Å². The number of nitrogens with one attached hydrogen (secondary N) is 1. The summed E-state index contributed by atoms with van der Waals surface area (Å²) in [6.07, 6.45) is 2.46. The van der Waals surface area contributed by atoms with Crippen molar-refractivity contribution < 1.29 is 32.6 Å². The molecule has 198 valence electrons. The highest BCUT2D eigenvalue weighted by molar-refractivity contribution is 6.04. The predicted octanol–water partition coefficient (Wildman–Crippen LogP) is 6.05. The van der Waals surface area contributed by atoms with Crippen LogP contribution in [-0.4, -0.2) is 22.0 Å². The van der Waals surface area contributed by atoms with Crippen LogP contribution in [0.4, 0.5) is 13.2 Å². The number of carbonyl (C=O) groups is 2. The molecule has 1 aliphatic heterocycles. The van der Waals surface area contributed by atoms with Crippen LogP contribution in [0.15, 0.2) is 66.0 Å². The van der Waals surface area contributed by atoms with E-state index in [0.29, 0.717) is 22.8 Å². The Morgan fingerprint density at radius 3 is 2.30 bits per heavy atom. The number of carboxylic acid groups (broad SMARTS) is 1. The quantitative estimate of drug-likeness (QED) is 0.337. The summed E-state index contributed by atoms with van der Waals surface area (Å²) in [6.45, 7) is 2.88. The Morgan fingerprint density at radius 1 is 1.11 bits per heavy atom. The first kappa shape index (κ1) is 27.8. The maximum atomic E-state index is 13.1. The molecule has 1 fully saturated rings. The van der Waals surface area contributed by atoms with Crippen molar-refractivity contribution in [3.8, 4) is 11.5 Å². The van der Waals surface area contributed by atoms with E-state index in [0.717, 1.165) is 61.7 Å². The normalized spacial score (nSPS) is 17.7. The minimum Gasteiger partial charge on any atom is -0.481 e. The molecule has 4 rings (SSSR count). The van der Waals surface area contributed by atoms with Crippen LogP contribution in [0.2, 0.25) is 0 Å². The molecule has 0 atom stereocenters. The number of hydrazine groups is 1. The predicted molar refractivity (Wildman–Crippen MR) is 133 cm³/mol. The van der Waals surface area contributed by atoms with Crippen molar-refractivity contribution in [1.29, 1.82) is 0 Å². The first-order chi connectivity index (χ1) is 17.5. The number of allylic oxidation sites excluding steroid dienone is 1. The van der Waals surface area contributed by atoms with Crippen LogP contribution < -0.4 is 15.9 Å². The number of nitrogens with two attached hydrogens (primary N) is 1. The van der Waals surface area contributed by atoms with E-state index >= 15 is 0 Å². The van der Waals surface area contributed by atoms with Gasteiger partial charge in [-0.2, -0.15) is 13.2 Å². The van der Waals surface area contributed by atoms with Crippen molar-refractivity contribution in [1.82, 2.24) is 10.3 Å². The lowest BCUT2D eigenvalue weighted by Crippen LogP contribution is -2.48. The summed E-state index contributed by atoms with van der Waals surface area (Å²) in [7, 11) is 0. The topological polar surface area (TPSA) is 105 Å². The average molecular weight is 518 g/mol. The average Bonchev–Trinajstić information content (AvgIpc) is 2.86. The second-order valence-corrected chi connectivity index (χ2v) is 8.77. The van der Waals surface area contributed by atoms with E-state index in [2.05, 4.69) is 5.32 Å². The van der Waals surface area contributed by atoms with Crippen LogP contribution in [0, 0.1) is 5.92 Å². The summed E-state index contributed by atoms with van der Waals surface area (Å²) in [6, 6.07) is 11.7. The van der Waals surface area contributed by atoms with Gasteiger partial charge in [-0.05, 0) is 79.8 Å². The molecule has 0 spiro atoms. The van der Waals surface area contributed by atoms with Gasteiger partial charge in [0.2, 0.25) is 0 Å². The Kier molecular flexibility index (Phi) is 8.99. The summed E-state index contributed by atoms with van der Waals surface area (Å²) in [5, 5.41) is 11.9. The number of carboxylic acids is 1. The molecule has 0 aromatic heterocycles. The summed E-state index contributed by atoms with van der Waals surface area (Å²) in [5.74, 6) is 6.11. The second kappa shape index (κ2) is 12.0. The van der Waals surface area contributed by atoms with Gasteiger partial charge in [0.25, 0.3) is 11.9 Å². The molecule has 1 heterocycles. The molecular formula is C27H30F3N3O4. The summed E-state index contributed by atoms with van der Waals surface area (Å²) < 4.78 is 44.5. The van der Waals surface area contributed by atoms with Crippen molar-refractivity contribution in [2.24, 2.45) is 11.8 Å². The van der Waals surface area contributed by atoms with Crippen LogP contribution in [0.25, 0.3) is 5.70 Å². The molecule has 7 nitrogen and oxygen atoms in total. The van der Waals surface area contributed by atoms with E-state index in [1.807, 2.05) is 0 Å². The first-order valence-electron chi connectivity index (χ1n) is 11.9. The lowest BCUT2D eigenvalue weighted by Gasteiger charge is -2.35. The van der Waals surface area contributed by atoms with E-state index in [-0.39, 0.29) is 17.6 Å². The van der Waals surface area contributed by atoms with Gasteiger partial charge in [-0.3, -0.25) is 9.59 Å². The van der Waals surface area contributed by atoms with Gasteiger partial charge in [0.15, 0.2) is 0 Å². The van der Waals surface area contributed by atoms with Gasteiger partial charge in [0, 0.05) is 12.5 Å². The van der Waals surface area contributed by atoms with E-state index < -0.39 is 17.7 Å². The number of alkyl halides is 3. The fourth-order valence-electron chi connectivity index (χ4n) is 4.37. The molecule has 0 radical (unpaired) electrons. The lowest BCUT2D eigenvalue weighted by atomic mass is 9.81. The molecule has 37 heavy (non-hydrogen) atoms. The van der Waals surface area contributed by atoms with Crippen LogP contribution in [-0.2, 0) is 15.8 Å². The van der Waals surface area contributed by atoms with Gasteiger partial charge < -0.3 is 15.2 Å². The van der Waals surface area contributed by atoms with Crippen molar-refractivity contribution >= 4 is 17.6 Å². The molecule has 1 saturated carbocycles. The molecule has 4 N–H and O–H groups in total. The zero-order valence-electron chi connectivity index (χ0n) is 20.6. The Hall–Kier alpha value is -3.79. The fraction of sp³-hybridized carbons (Fsp3) is 0.333. The molecule has 10 heteroatoms. The molecule has 2 aliphatic rings. The fourth-order valence-corrected chi connectivity index (χ4v) is 4.37. The Morgan fingerprint density at radius 2 is 1.73 bits per heavy atom. The maximum Gasteiger partial charge on any atom is 0.416 e. The third-order valence-corrected chi connectivity index (χ3v) is 6.06. The second-order valence-electron chi connectivity index (χ2n) is 8.77. The molecule has 0 saturated heterocycles. The molecule has 1 aliphatic carbocycles. The van der Waals surface area contributed by atoms with Gasteiger partial charge in [-0.1, -0.05) is 25.3 Å². The molecule has 0 bridgehead atoms. The number of nitrogens with zero attached hydrogens (tertiary/aromatic N) is 1.